The molecule has 2 aromatic carbocycles. The highest BCUT2D eigenvalue weighted by atomic mass is 127. The summed E-state index contributed by atoms with van der Waals surface area (Å²) in [6.07, 6.45) is 0. The Kier molecular flexibility index (Phi) is 5.87. The van der Waals surface area contributed by atoms with E-state index in [1.54, 1.807) is 30.1 Å². The van der Waals surface area contributed by atoms with E-state index in [0.717, 1.165) is 5.56 Å². The highest BCUT2D eigenvalue weighted by Gasteiger charge is 2.31. The van der Waals surface area contributed by atoms with Gasteiger partial charge in [0.25, 0.3) is 5.91 Å². The maximum absolute atomic E-state index is 14.8. The molecular weight excluding hydrogens is 522 g/mol. The normalized spacial score (nSPS) is 13.1. The monoisotopic (exact) mass is 540 g/mol. The predicted octanol–water partition coefficient (Wildman–Crippen LogP) is 4.59. The van der Waals surface area contributed by atoms with E-state index in [2.05, 4.69) is 31.6 Å². The van der Waals surface area contributed by atoms with Gasteiger partial charge < -0.3 is 15.0 Å². The first-order chi connectivity index (χ1) is 14.4. The SMILES string of the molecule is CCOC(=O)CN1Cc2cccc(Nc3cc(F)c4c(C)nn(SI)c4c3)c2C1=O. The van der Waals surface area contributed by atoms with Crippen LogP contribution in [-0.4, -0.2) is 39.1 Å². The van der Waals surface area contributed by atoms with E-state index in [9.17, 15) is 14.0 Å². The van der Waals surface area contributed by atoms with Gasteiger partial charge in [-0.3, -0.25) is 9.59 Å². The van der Waals surface area contributed by atoms with Crippen molar-refractivity contribution in [2.75, 3.05) is 18.5 Å². The second-order valence-electron chi connectivity index (χ2n) is 6.81. The Labute approximate surface area is 188 Å². The standard InChI is InChI=1S/C20H18FIN4O3S/c1-3-29-17(27)10-25-9-12-5-4-6-15(19(12)20(25)28)23-13-7-14(21)18-11(2)24-26(30-22)16(18)8-13/h4-8,23H,3,9-10H2,1-2H3. The molecule has 10 heteroatoms. The van der Waals surface area contributed by atoms with Gasteiger partial charge in [-0.15, -0.1) is 0 Å². The molecule has 0 atom stereocenters. The summed E-state index contributed by atoms with van der Waals surface area (Å²) in [4.78, 5) is 26.2. The third-order valence-corrected chi connectivity index (χ3v) is 6.39. The molecule has 0 bridgehead atoms. The summed E-state index contributed by atoms with van der Waals surface area (Å²) >= 11 is 2.09. The highest BCUT2D eigenvalue weighted by molar-refractivity contribution is 14.2. The van der Waals surface area contributed by atoms with Gasteiger partial charge in [0, 0.05) is 42.6 Å². The molecular formula is C20H18FIN4O3S. The Morgan fingerprint density at radius 1 is 1.40 bits per heavy atom. The molecule has 1 aliphatic heterocycles. The number of hydrogen-bond acceptors (Lipinski definition) is 6. The van der Waals surface area contributed by atoms with E-state index in [4.69, 9.17) is 4.74 Å². The van der Waals surface area contributed by atoms with Gasteiger partial charge >= 0.3 is 5.97 Å². The van der Waals surface area contributed by atoms with Gasteiger partial charge in [-0.1, -0.05) is 12.1 Å². The van der Waals surface area contributed by atoms with Crippen molar-refractivity contribution < 1.29 is 18.7 Å². The largest absolute Gasteiger partial charge is 0.465 e. The summed E-state index contributed by atoms with van der Waals surface area (Å²) in [5, 5.41) is 7.98. The van der Waals surface area contributed by atoms with Gasteiger partial charge in [0.15, 0.2) is 0 Å². The van der Waals surface area contributed by atoms with Crippen molar-refractivity contribution >= 4 is 64.5 Å². The lowest BCUT2D eigenvalue weighted by atomic mass is 10.1. The molecule has 0 fully saturated rings. The Morgan fingerprint density at radius 3 is 2.93 bits per heavy atom. The second kappa shape index (κ2) is 8.42. The first-order valence-corrected chi connectivity index (χ1v) is 12.6. The zero-order valence-electron chi connectivity index (χ0n) is 16.2. The fraction of sp³-hybridized carbons (Fsp3) is 0.250. The number of nitrogens with zero attached hydrogens (tertiary/aromatic N) is 3. The molecule has 7 nitrogen and oxygen atoms in total. The van der Waals surface area contributed by atoms with Crippen LogP contribution in [0.2, 0.25) is 0 Å². The van der Waals surface area contributed by atoms with Crippen LogP contribution in [0.4, 0.5) is 15.8 Å². The summed E-state index contributed by atoms with van der Waals surface area (Å²) in [6, 6.07) is 8.64. The number of aromatic nitrogens is 2. The number of fused-ring (bicyclic) bond motifs is 2. The van der Waals surface area contributed by atoms with Gasteiger partial charge in [0.05, 0.1) is 34.5 Å². The Hall–Kier alpha value is -2.34. The van der Waals surface area contributed by atoms with Crippen LogP contribution in [0.15, 0.2) is 30.3 Å². The fourth-order valence-electron chi connectivity index (χ4n) is 3.64. The molecule has 4 rings (SSSR count). The van der Waals surface area contributed by atoms with Gasteiger partial charge in [0.2, 0.25) is 0 Å². The van der Waals surface area contributed by atoms with Crippen LogP contribution in [0.5, 0.6) is 0 Å². The number of amides is 1. The van der Waals surface area contributed by atoms with Crippen molar-refractivity contribution in [1.29, 1.82) is 0 Å². The van der Waals surface area contributed by atoms with Crippen molar-refractivity contribution in [3.63, 3.8) is 0 Å². The van der Waals surface area contributed by atoms with Crippen LogP contribution in [0.1, 0.15) is 28.5 Å². The lowest BCUT2D eigenvalue weighted by Crippen LogP contribution is -2.31. The molecule has 30 heavy (non-hydrogen) atoms. The van der Waals surface area contributed by atoms with Crippen LogP contribution in [0.3, 0.4) is 0 Å². The molecule has 1 aromatic heterocycles. The molecule has 3 aromatic rings. The van der Waals surface area contributed by atoms with Gasteiger partial charge in [0.1, 0.15) is 12.4 Å². The number of hydrogen-bond donors (Lipinski definition) is 1. The minimum absolute atomic E-state index is 0.104. The number of esters is 1. The quantitative estimate of drug-likeness (QED) is 0.364. The van der Waals surface area contributed by atoms with Gasteiger partial charge in [-0.25, -0.2) is 4.39 Å². The van der Waals surface area contributed by atoms with Gasteiger partial charge in [-0.05, 0) is 37.6 Å². The minimum atomic E-state index is -0.444. The molecule has 1 N–H and O–H groups in total. The van der Waals surface area contributed by atoms with Crippen LogP contribution < -0.4 is 5.32 Å². The lowest BCUT2D eigenvalue weighted by molar-refractivity contribution is -0.143. The third kappa shape index (κ3) is 3.73. The molecule has 0 radical (unpaired) electrons. The molecule has 0 unspecified atom stereocenters. The van der Waals surface area contributed by atoms with E-state index in [1.165, 1.54) is 20.1 Å². The van der Waals surface area contributed by atoms with Crippen molar-refractivity contribution in [3.05, 3.63) is 53.0 Å². The van der Waals surface area contributed by atoms with E-state index >= 15 is 0 Å². The van der Waals surface area contributed by atoms with Crippen molar-refractivity contribution in [2.24, 2.45) is 0 Å². The number of rotatable bonds is 6. The van der Waals surface area contributed by atoms with E-state index in [0.29, 0.717) is 40.1 Å². The number of ether oxygens (including phenoxy) is 1. The summed E-state index contributed by atoms with van der Waals surface area (Å²) in [5.74, 6) is -1.08. The Morgan fingerprint density at radius 2 is 2.20 bits per heavy atom. The molecule has 0 spiro atoms. The number of benzene rings is 2. The zero-order valence-corrected chi connectivity index (χ0v) is 19.2. The van der Waals surface area contributed by atoms with Crippen LogP contribution in [-0.2, 0) is 16.1 Å². The highest BCUT2D eigenvalue weighted by Crippen LogP contribution is 2.34. The first kappa shape index (κ1) is 20.9. The van der Waals surface area contributed by atoms with Crippen molar-refractivity contribution in [3.8, 4) is 0 Å². The molecule has 0 aliphatic carbocycles. The third-order valence-electron chi connectivity index (χ3n) is 4.86. The summed E-state index contributed by atoms with van der Waals surface area (Å²) in [6.45, 7) is 3.98. The minimum Gasteiger partial charge on any atom is -0.465 e. The number of carbonyl (C=O) groups is 2. The second-order valence-corrected chi connectivity index (χ2v) is 8.48. The molecule has 1 aliphatic rings. The summed E-state index contributed by atoms with van der Waals surface area (Å²) in [5.41, 5.74) is 3.62. The number of nitrogens with one attached hydrogen (secondary N) is 1. The number of aryl methyl sites for hydroxylation is 1. The molecule has 0 saturated heterocycles. The molecule has 0 saturated carbocycles. The van der Waals surface area contributed by atoms with E-state index < -0.39 is 5.97 Å². The number of carbonyl (C=O) groups excluding carboxylic acids is 2. The average Bonchev–Trinajstić information content (AvgIpc) is 3.19. The fourth-order valence-corrected chi connectivity index (χ4v) is 4.91. The van der Waals surface area contributed by atoms with Crippen molar-refractivity contribution in [2.45, 2.75) is 20.4 Å². The van der Waals surface area contributed by atoms with Crippen LogP contribution in [0, 0.1) is 12.7 Å². The molecule has 2 heterocycles. The average molecular weight is 540 g/mol. The summed E-state index contributed by atoms with van der Waals surface area (Å²) < 4.78 is 21.4. The lowest BCUT2D eigenvalue weighted by Gasteiger charge is -2.14. The van der Waals surface area contributed by atoms with Gasteiger partial charge in [-0.2, -0.15) is 9.19 Å². The topological polar surface area (TPSA) is 76.5 Å². The number of anilines is 2. The first-order valence-electron chi connectivity index (χ1n) is 9.24. The van der Waals surface area contributed by atoms with Crippen molar-refractivity contribution in [1.82, 2.24) is 14.1 Å². The molecule has 1 amide bonds. The Bertz CT molecular complexity index is 1170. The Balaban J connectivity index is 1.66. The zero-order chi connectivity index (χ0) is 21.4. The molecule has 156 valence electrons. The van der Waals surface area contributed by atoms with Crippen LogP contribution in [0.25, 0.3) is 10.9 Å². The van der Waals surface area contributed by atoms with Crippen LogP contribution >= 0.6 is 30.3 Å². The smallest absolute Gasteiger partial charge is 0.325 e. The predicted molar refractivity (Wildman–Crippen MR) is 123 cm³/mol. The summed E-state index contributed by atoms with van der Waals surface area (Å²) in [7, 11) is 1.35. The number of halogens is 2. The van der Waals surface area contributed by atoms with E-state index in [-0.39, 0.29) is 24.9 Å². The maximum atomic E-state index is 14.8. The van der Waals surface area contributed by atoms with E-state index in [1.807, 2.05) is 12.1 Å². The maximum Gasteiger partial charge on any atom is 0.325 e.